The lowest BCUT2D eigenvalue weighted by Crippen LogP contribution is -2.47. The van der Waals surface area contributed by atoms with Crippen LogP contribution in [-0.2, 0) is 6.18 Å². The fraction of sp³-hybridized carbons (Fsp3) is 0.409. The molecular weight excluding hydrogens is 409 g/mol. The van der Waals surface area contributed by atoms with E-state index in [1.807, 2.05) is 24.3 Å². The first-order chi connectivity index (χ1) is 14.9. The topological polar surface area (TPSA) is 56.8 Å². The molecule has 1 saturated heterocycles. The maximum absolute atomic E-state index is 13.0. The molecule has 0 spiro atoms. The minimum absolute atomic E-state index is 0.248. The first kappa shape index (κ1) is 22.7. The Balaban J connectivity index is 1.36. The Hall–Kier alpha value is -2.94. The van der Waals surface area contributed by atoms with E-state index < -0.39 is 17.8 Å². The van der Waals surface area contributed by atoms with E-state index in [1.165, 1.54) is 18.2 Å². The lowest BCUT2D eigenvalue weighted by Gasteiger charge is -2.36. The number of hydrogen-bond donors (Lipinski definition) is 2. The second kappa shape index (κ2) is 10.4. The van der Waals surface area contributed by atoms with E-state index in [-0.39, 0.29) is 5.69 Å². The fourth-order valence-electron chi connectivity index (χ4n) is 3.53. The van der Waals surface area contributed by atoms with Gasteiger partial charge in [0.25, 0.3) is 0 Å². The highest BCUT2D eigenvalue weighted by Gasteiger charge is 2.33. The van der Waals surface area contributed by atoms with Gasteiger partial charge in [-0.15, -0.1) is 0 Å². The van der Waals surface area contributed by atoms with Crippen molar-refractivity contribution in [1.82, 2.24) is 10.2 Å². The zero-order chi connectivity index (χ0) is 22.3. The Labute approximate surface area is 180 Å². The SMILES string of the molecule is COc1ccc(N2CCN(CCCNC(=O)Nc3ccccc3C(F)(F)F)CC2)cc1. The molecule has 31 heavy (non-hydrogen) atoms. The van der Waals surface area contributed by atoms with Crippen LogP contribution >= 0.6 is 0 Å². The average molecular weight is 436 g/mol. The highest BCUT2D eigenvalue weighted by molar-refractivity contribution is 5.90. The molecule has 0 bridgehead atoms. The lowest BCUT2D eigenvalue weighted by molar-refractivity contribution is -0.136. The molecule has 168 valence electrons. The van der Waals surface area contributed by atoms with Crippen LogP contribution in [0.3, 0.4) is 0 Å². The van der Waals surface area contributed by atoms with Crippen molar-refractivity contribution < 1.29 is 22.7 Å². The lowest BCUT2D eigenvalue weighted by atomic mass is 10.1. The molecule has 1 aliphatic rings. The quantitative estimate of drug-likeness (QED) is 0.643. The third kappa shape index (κ3) is 6.52. The van der Waals surface area contributed by atoms with E-state index in [0.29, 0.717) is 6.54 Å². The van der Waals surface area contributed by atoms with E-state index in [9.17, 15) is 18.0 Å². The van der Waals surface area contributed by atoms with Crippen LogP contribution in [0.1, 0.15) is 12.0 Å². The summed E-state index contributed by atoms with van der Waals surface area (Å²) in [5.74, 6) is 0.834. The number of ether oxygens (including phenoxy) is 1. The van der Waals surface area contributed by atoms with Crippen LogP contribution in [0.4, 0.5) is 29.3 Å². The van der Waals surface area contributed by atoms with Gasteiger partial charge in [-0.05, 0) is 49.4 Å². The van der Waals surface area contributed by atoms with Gasteiger partial charge in [0.2, 0.25) is 0 Å². The zero-order valence-electron chi connectivity index (χ0n) is 17.4. The molecule has 2 aromatic carbocycles. The molecule has 2 aromatic rings. The van der Waals surface area contributed by atoms with Gasteiger partial charge in [-0.25, -0.2) is 4.79 Å². The first-order valence-electron chi connectivity index (χ1n) is 10.2. The van der Waals surface area contributed by atoms with Gasteiger partial charge in [-0.3, -0.25) is 4.90 Å². The van der Waals surface area contributed by atoms with Gasteiger partial charge in [0.1, 0.15) is 5.75 Å². The smallest absolute Gasteiger partial charge is 0.418 e. The van der Waals surface area contributed by atoms with Crippen LogP contribution in [0, 0.1) is 0 Å². The number of hydrogen-bond acceptors (Lipinski definition) is 4. The van der Waals surface area contributed by atoms with E-state index in [4.69, 9.17) is 4.74 Å². The van der Waals surface area contributed by atoms with Gasteiger partial charge < -0.3 is 20.3 Å². The Morgan fingerprint density at radius 3 is 2.35 bits per heavy atom. The molecule has 1 heterocycles. The molecule has 0 radical (unpaired) electrons. The summed E-state index contributed by atoms with van der Waals surface area (Å²) in [5, 5.41) is 4.92. The second-order valence-corrected chi connectivity index (χ2v) is 7.30. The van der Waals surface area contributed by atoms with Gasteiger partial charge in [0, 0.05) is 38.4 Å². The molecule has 0 saturated carbocycles. The van der Waals surface area contributed by atoms with Crippen LogP contribution in [-0.4, -0.2) is 57.3 Å². The number of carbonyl (C=O) groups excluding carboxylic acids is 1. The fourth-order valence-corrected chi connectivity index (χ4v) is 3.53. The van der Waals surface area contributed by atoms with Crippen molar-refractivity contribution in [3.05, 3.63) is 54.1 Å². The number of carbonyl (C=O) groups is 1. The molecular formula is C22H27F3N4O2. The Kier molecular flexibility index (Phi) is 7.62. The number of nitrogens with zero attached hydrogens (tertiary/aromatic N) is 2. The molecule has 0 atom stereocenters. The zero-order valence-corrected chi connectivity index (χ0v) is 17.4. The predicted octanol–water partition coefficient (Wildman–Crippen LogP) is 4.05. The van der Waals surface area contributed by atoms with Crippen molar-refractivity contribution in [2.75, 3.05) is 56.6 Å². The molecule has 2 amide bonds. The van der Waals surface area contributed by atoms with Crippen molar-refractivity contribution in [2.45, 2.75) is 12.6 Å². The van der Waals surface area contributed by atoms with Crippen LogP contribution in [0.5, 0.6) is 5.75 Å². The number of rotatable bonds is 7. The van der Waals surface area contributed by atoms with Gasteiger partial charge >= 0.3 is 12.2 Å². The molecule has 1 fully saturated rings. The summed E-state index contributed by atoms with van der Waals surface area (Å²) in [6.45, 7) is 4.85. The largest absolute Gasteiger partial charge is 0.497 e. The highest BCUT2D eigenvalue weighted by Crippen LogP contribution is 2.34. The van der Waals surface area contributed by atoms with E-state index in [2.05, 4.69) is 20.4 Å². The van der Waals surface area contributed by atoms with Crippen LogP contribution in [0.2, 0.25) is 0 Å². The maximum Gasteiger partial charge on any atom is 0.418 e. The Bertz CT molecular complexity index is 851. The number of para-hydroxylation sites is 1. The van der Waals surface area contributed by atoms with Gasteiger partial charge in [0.15, 0.2) is 0 Å². The number of amides is 2. The third-order valence-corrected chi connectivity index (χ3v) is 5.23. The summed E-state index contributed by atoms with van der Waals surface area (Å²) in [6.07, 6.45) is -3.80. The van der Waals surface area contributed by atoms with E-state index in [0.717, 1.165) is 56.6 Å². The highest BCUT2D eigenvalue weighted by atomic mass is 19.4. The maximum atomic E-state index is 13.0. The van der Waals surface area contributed by atoms with Crippen molar-refractivity contribution in [1.29, 1.82) is 0 Å². The van der Waals surface area contributed by atoms with Crippen molar-refractivity contribution in [3.8, 4) is 5.75 Å². The number of methoxy groups -OCH3 is 1. The summed E-state index contributed by atoms with van der Waals surface area (Å²) < 4.78 is 44.2. The number of nitrogens with one attached hydrogen (secondary N) is 2. The molecule has 0 unspecified atom stereocenters. The van der Waals surface area contributed by atoms with E-state index >= 15 is 0 Å². The minimum Gasteiger partial charge on any atom is -0.497 e. The number of piperazine rings is 1. The number of urea groups is 1. The normalized spacial score (nSPS) is 14.9. The molecule has 1 aliphatic heterocycles. The number of alkyl halides is 3. The average Bonchev–Trinajstić information content (AvgIpc) is 2.77. The molecule has 0 aliphatic carbocycles. The van der Waals surface area contributed by atoms with Crippen molar-refractivity contribution in [2.24, 2.45) is 0 Å². The monoisotopic (exact) mass is 436 g/mol. The van der Waals surface area contributed by atoms with Crippen LogP contribution in [0.15, 0.2) is 48.5 Å². The third-order valence-electron chi connectivity index (χ3n) is 5.23. The predicted molar refractivity (Wildman–Crippen MR) is 115 cm³/mol. The summed E-state index contributed by atoms with van der Waals surface area (Å²) >= 11 is 0. The molecule has 2 N–H and O–H groups in total. The Morgan fingerprint density at radius 2 is 1.71 bits per heavy atom. The van der Waals surface area contributed by atoms with Gasteiger partial charge in [-0.2, -0.15) is 13.2 Å². The molecule has 3 rings (SSSR count). The minimum atomic E-state index is -4.52. The van der Waals surface area contributed by atoms with Crippen LogP contribution < -0.4 is 20.3 Å². The summed E-state index contributed by atoms with van der Waals surface area (Å²) in [4.78, 5) is 16.6. The van der Waals surface area contributed by atoms with Gasteiger partial charge in [-0.1, -0.05) is 12.1 Å². The first-order valence-corrected chi connectivity index (χ1v) is 10.2. The molecule has 6 nitrogen and oxygen atoms in total. The Morgan fingerprint density at radius 1 is 1.03 bits per heavy atom. The molecule has 0 aromatic heterocycles. The summed E-state index contributed by atoms with van der Waals surface area (Å²) in [5.41, 5.74) is 0.0555. The summed E-state index contributed by atoms with van der Waals surface area (Å²) in [7, 11) is 1.65. The van der Waals surface area contributed by atoms with Crippen LogP contribution in [0.25, 0.3) is 0 Å². The van der Waals surface area contributed by atoms with Crippen molar-refractivity contribution >= 4 is 17.4 Å². The number of anilines is 2. The number of benzene rings is 2. The van der Waals surface area contributed by atoms with Gasteiger partial charge in [0.05, 0.1) is 18.4 Å². The van der Waals surface area contributed by atoms with E-state index in [1.54, 1.807) is 7.11 Å². The standard InChI is InChI=1S/C22H27F3N4O2/c1-31-18-9-7-17(8-10-18)29-15-13-28(14-16-29)12-4-11-26-21(30)27-20-6-3-2-5-19(20)22(23,24)25/h2-3,5-10H,4,11-16H2,1H3,(H2,26,27,30). The van der Waals surface area contributed by atoms with Crippen molar-refractivity contribution in [3.63, 3.8) is 0 Å². The molecule has 9 heteroatoms. The number of halogens is 3. The summed E-state index contributed by atoms with van der Waals surface area (Å²) in [6, 6.07) is 12.3. The second-order valence-electron chi connectivity index (χ2n) is 7.30.